The molecule has 15 heavy (non-hydrogen) atoms. The second kappa shape index (κ2) is 6.52. The lowest BCUT2D eigenvalue weighted by atomic mass is 9.87. The van der Waals surface area contributed by atoms with Gasteiger partial charge in [-0.1, -0.05) is 33.6 Å². The first kappa shape index (κ1) is 13.0. The molecule has 1 saturated heterocycles. The van der Waals surface area contributed by atoms with Gasteiger partial charge < -0.3 is 4.90 Å². The number of hydrogen-bond acceptors (Lipinski definition) is 1. The molecule has 0 aromatic rings. The zero-order valence-electron chi connectivity index (χ0n) is 11.1. The summed E-state index contributed by atoms with van der Waals surface area (Å²) in [5.74, 6) is 1.75. The van der Waals surface area contributed by atoms with Crippen LogP contribution in [-0.4, -0.2) is 24.0 Å². The second-order valence-corrected chi connectivity index (χ2v) is 5.64. The molecule has 0 amide bonds. The van der Waals surface area contributed by atoms with Crippen molar-refractivity contribution in [2.45, 2.75) is 65.8 Å². The molecule has 1 aliphatic rings. The quantitative estimate of drug-likeness (QED) is 0.666. The Bertz CT molecular complexity index is 159. The zero-order valence-corrected chi connectivity index (χ0v) is 11.1. The molecule has 0 bridgehead atoms. The fourth-order valence-corrected chi connectivity index (χ4v) is 2.93. The minimum atomic E-state index is 0.803. The zero-order chi connectivity index (χ0) is 11.3. The largest absolute Gasteiger partial charge is 0.300 e. The average molecular weight is 211 g/mol. The van der Waals surface area contributed by atoms with Gasteiger partial charge in [0, 0.05) is 6.04 Å². The monoisotopic (exact) mass is 211 g/mol. The Morgan fingerprint density at radius 3 is 2.07 bits per heavy atom. The minimum Gasteiger partial charge on any atom is -0.300 e. The summed E-state index contributed by atoms with van der Waals surface area (Å²) in [7, 11) is 0. The molecule has 1 nitrogen and oxygen atoms in total. The SMILES string of the molecule is CCC(CC(C)C)C(C)N1CCCCC1. The molecular weight excluding hydrogens is 182 g/mol. The highest BCUT2D eigenvalue weighted by Gasteiger charge is 2.23. The summed E-state index contributed by atoms with van der Waals surface area (Å²) in [6.45, 7) is 12.2. The topological polar surface area (TPSA) is 3.24 Å². The summed E-state index contributed by atoms with van der Waals surface area (Å²) >= 11 is 0. The van der Waals surface area contributed by atoms with E-state index in [2.05, 4.69) is 32.6 Å². The highest BCUT2D eigenvalue weighted by molar-refractivity contribution is 4.78. The third-order valence-corrected chi connectivity index (χ3v) is 3.95. The maximum absolute atomic E-state index is 2.72. The van der Waals surface area contributed by atoms with Gasteiger partial charge in [0.25, 0.3) is 0 Å². The summed E-state index contributed by atoms with van der Waals surface area (Å²) in [5, 5.41) is 0. The standard InChI is InChI=1S/C14H29N/c1-5-14(11-12(2)3)13(4)15-9-7-6-8-10-15/h12-14H,5-11H2,1-4H3. The van der Waals surface area contributed by atoms with E-state index in [4.69, 9.17) is 0 Å². The molecular formula is C14H29N. The molecule has 0 saturated carbocycles. The van der Waals surface area contributed by atoms with Gasteiger partial charge in [0.15, 0.2) is 0 Å². The fraction of sp³-hybridized carbons (Fsp3) is 1.00. The lowest BCUT2D eigenvalue weighted by Gasteiger charge is -2.37. The van der Waals surface area contributed by atoms with Crippen molar-refractivity contribution in [1.82, 2.24) is 4.90 Å². The molecule has 2 unspecified atom stereocenters. The van der Waals surface area contributed by atoms with Crippen molar-refractivity contribution in [3.8, 4) is 0 Å². The molecule has 2 atom stereocenters. The molecule has 0 aliphatic carbocycles. The number of rotatable bonds is 5. The van der Waals surface area contributed by atoms with E-state index in [1.807, 2.05) is 0 Å². The normalized spacial score (nSPS) is 23.0. The summed E-state index contributed by atoms with van der Waals surface area (Å²) in [5.41, 5.74) is 0. The minimum absolute atomic E-state index is 0.803. The van der Waals surface area contributed by atoms with Gasteiger partial charge in [-0.25, -0.2) is 0 Å². The molecule has 0 spiro atoms. The molecule has 1 heterocycles. The number of nitrogens with zero attached hydrogens (tertiary/aromatic N) is 1. The van der Waals surface area contributed by atoms with Crippen LogP contribution in [0.1, 0.15) is 59.8 Å². The van der Waals surface area contributed by atoms with Gasteiger partial charge in [0.2, 0.25) is 0 Å². The van der Waals surface area contributed by atoms with Crippen molar-refractivity contribution in [3.63, 3.8) is 0 Å². The maximum Gasteiger partial charge on any atom is 0.00951 e. The molecule has 90 valence electrons. The Labute approximate surface area is 96.2 Å². The van der Waals surface area contributed by atoms with Crippen LogP contribution in [0, 0.1) is 11.8 Å². The maximum atomic E-state index is 2.72. The molecule has 1 heteroatoms. The van der Waals surface area contributed by atoms with Crippen LogP contribution in [0.2, 0.25) is 0 Å². The van der Waals surface area contributed by atoms with Crippen LogP contribution in [0.15, 0.2) is 0 Å². The van der Waals surface area contributed by atoms with E-state index in [1.54, 1.807) is 0 Å². The predicted molar refractivity (Wildman–Crippen MR) is 68.1 cm³/mol. The van der Waals surface area contributed by atoms with Crippen molar-refractivity contribution in [2.24, 2.45) is 11.8 Å². The van der Waals surface area contributed by atoms with Gasteiger partial charge in [0.05, 0.1) is 0 Å². The number of piperidine rings is 1. The fourth-order valence-electron chi connectivity index (χ4n) is 2.93. The molecule has 0 radical (unpaired) electrons. The summed E-state index contributed by atoms with van der Waals surface area (Å²) < 4.78 is 0. The Morgan fingerprint density at radius 1 is 1.00 bits per heavy atom. The van der Waals surface area contributed by atoms with Crippen molar-refractivity contribution < 1.29 is 0 Å². The molecule has 1 aliphatic heterocycles. The van der Waals surface area contributed by atoms with Gasteiger partial charge in [-0.2, -0.15) is 0 Å². The Kier molecular flexibility index (Phi) is 5.66. The van der Waals surface area contributed by atoms with Crippen LogP contribution in [0.4, 0.5) is 0 Å². The second-order valence-electron chi connectivity index (χ2n) is 5.64. The van der Waals surface area contributed by atoms with Crippen molar-refractivity contribution >= 4 is 0 Å². The highest BCUT2D eigenvalue weighted by atomic mass is 15.2. The Balaban J connectivity index is 2.43. The predicted octanol–water partition coefficient (Wildman–Crippen LogP) is 3.93. The first-order chi connectivity index (χ1) is 7.15. The lowest BCUT2D eigenvalue weighted by Crippen LogP contribution is -2.42. The van der Waals surface area contributed by atoms with Crippen LogP contribution in [0.3, 0.4) is 0 Å². The van der Waals surface area contributed by atoms with Crippen molar-refractivity contribution in [1.29, 1.82) is 0 Å². The smallest absolute Gasteiger partial charge is 0.00951 e. The van der Waals surface area contributed by atoms with Crippen molar-refractivity contribution in [2.75, 3.05) is 13.1 Å². The number of hydrogen-bond donors (Lipinski definition) is 0. The summed E-state index contributed by atoms with van der Waals surface area (Å²) in [4.78, 5) is 2.72. The first-order valence-electron chi connectivity index (χ1n) is 6.89. The third-order valence-electron chi connectivity index (χ3n) is 3.95. The summed E-state index contributed by atoms with van der Waals surface area (Å²) in [6.07, 6.45) is 7.03. The highest BCUT2D eigenvalue weighted by Crippen LogP contribution is 2.24. The van der Waals surface area contributed by atoms with Crippen LogP contribution >= 0.6 is 0 Å². The molecule has 1 fully saturated rings. The van der Waals surface area contributed by atoms with E-state index in [0.717, 1.165) is 17.9 Å². The first-order valence-corrected chi connectivity index (χ1v) is 6.89. The van der Waals surface area contributed by atoms with Crippen LogP contribution in [0.5, 0.6) is 0 Å². The van der Waals surface area contributed by atoms with E-state index in [0.29, 0.717) is 0 Å². The van der Waals surface area contributed by atoms with E-state index in [-0.39, 0.29) is 0 Å². The lowest BCUT2D eigenvalue weighted by molar-refractivity contribution is 0.115. The van der Waals surface area contributed by atoms with E-state index in [1.165, 1.54) is 45.2 Å². The van der Waals surface area contributed by atoms with Crippen LogP contribution in [-0.2, 0) is 0 Å². The van der Waals surface area contributed by atoms with Gasteiger partial charge in [-0.05, 0) is 51.1 Å². The van der Waals surface area contributed by atoms with Gasteiger partial charge in [0.1, 0.15) is 0 Å². The van der Waals surface area contributed by atoms with E-state index in [9.17, 15) is 0 Å². The van der Waals surface area contributed by atoms with Gasteiger partial charge in [-0.3, -0.25) is 0 Å². The van der Waals surface area contributed by atoms with Gasteiger partial charge >= 0.3 is 0 Å². The Hall–Kier alpha value is -0.0400. The van der Waals surface area contributed by atoms with E-state index >= 15 is 0 Å². The Morgan fingerprint density at radius 2 is 1.60 bits per heavy atom. The number of likely N-dealkylation sites (tertiary alicyclic amines) is 1. The van der Waals surface area contributed by atoms with Crippen molar-refractivity contribution in [3.05, 3.63) is 0 Å². The van der Waals surface area contributed by atoms with Crippen LogP contribution < -0.4 is 0 Å². The average Bonchev–Trinajstić information content (AvgIpc) is 2.26. The molecule has 0 N–H and O–H groups in total. The molecule has 1 rings (SSSR count). The summed E-state index contributed by atoms with van der Waals surface area (Å²) in [6, 6.07) is 0.803. The van der Waals surface area contributed by atoms with Gasteiger partial charge in [-0.15, -0.1) is 0 Å². The molecule has 0 aromatic heterocycles. The van der Waals surface area contributed by atoms with Crippen LogP contribution in [0.25, 0.3) is 0 Å². The molecule has 0 aromatic carbocycles. The van der Waals surface area contributed by atoms with E-state index < -0.39 is 0 Å². The third kappa shape index (κ3) is 4.14.